The van der Waals surface area contributed by atoms with Crippen LogP contribution in [0.1, 0.15) is 23.7 Å². The number of ether oxygens (including phenoxy) is 3. The molecule has 0 spiro atoms. The van der Waals surface area contributed by atoms with Crippen LogP contribution in [0.2, 0.25) is 0 Å². The lowest BCUT2D eigenvalue weighted by Crippen LogP contribution is -2.29. The highest BCUT2D eigenvalue weighted by Gasteiger charge is 2.20. The molecule has 0 aliphatic carbocycles. The van der Waals surface area contributed by atoms with Gasteiger partial charge >= 0.3 is 11.7 Å². The summed E-state index contributed by atoms with van der Waals surface area (Å²) in [5.41, 5.74) is 1.47. The highest BCUT2D eigenvalue weighted by atomic mass is 16.5. The SMILES string of the molecule is CCCn1c(=O)n(CC(=O)Nc2cc(OC)c(OC)cc2C(=O)OC)c2ccccc21. The number of aromatic nitrogens is 2. The Kier molecular flexibility index (Phi) is 6.64. The Morgan fingerprint density at radius 2 is 1.58 bits per heavy atom. The summed E-state index contributed by atoms with van der Waals surface area (Å²) in [6.07, 6.45) is 0.786. The third-order valence-electron chi connectivity index (χ3n) is 4.88. The molecule has 9 nitrogen and oxygen atoms in total. The molecule has 0 aliphatic heterocycles. The first-order valence-corrected chi connectivity index (χ1v) is 9.77. The molecule has 0 bridgehead atoms. The largest absolute Gasteiger partial charge is 0.493 e. The molecule has 2 aromatic carbocycles. The molecule has 9 heteroatoms. The number of hydrogen-bond acceptors (Lipinski definition) is 6. The number of rotatable bonds is 8. The monoisotopic (exact) mass is 427 g/mol. The third kappa shape index (κ3) is 4.25. The van der Waals surface area contributed by atoms with Gasteiger partial charge < -0.3 is 19.5 Å². The summed E-state index contributed by atoms with van der Waals surface area (Å²) < 4.78 is 18.4. The zero-order chi connectivity index (χ0) is 22.5. The maximum atomic E-state index is 12.9. The number of imidazole rings is 1. The van der Waals surface area contributed by atoms with Crippen molar-refractivity contribution in [3.8, 4) is 11.5 Å². The maximum Gasteiger partial charge on any atom is 0.340 e. The molecule has 0 unspecified atom stereocenters. The van der Waals surface area contributed by atoms with Gasteiger partial charge in [-0.1, -0.05) is 19.1 Å². The first-order valence-electron chi connectivity index (χ1n) is 9.77. The fourth-order valence-corrected chi connectivity index (χ4v) is 3.46. The lowest BCUT2D eigenvalue weighted by atomic mass is 10.1. The lowest BCUT2D eigenvalue weighted by Gasteiger charge is -2.14. The molecule has 3 rings (SSSR count). The number of benzene rings is 2. The zero-order valence-electron chi connectivity index (χ0n) is 17.9. The Morgan fingerprint density at radius 3 is 2.16 bits per heavy atom. The lowest BCUT2D eigenvalue weighted by molar-refractivity contribution is -0.116. The minimum absolute atomic E-state index is 0.106. The summed E-state index contributed by atoms with van der Waals surface area (Å²) in [4.78, 5) is 38.0. The minimum Gasteiger partial charge on any atom is -0.493 e. The summed E-state index contributed by atoms with van der Waals surface area (Å²) >= 11 is 0. The molecule has 0 fully saturated rings. The van der Waals surface area contributed by atoms with E-state index in [0.29, 0.717) is 23.6 Å². The molecule has 1 amide bonds. The van der Waals surface area contributed by atoms with Crippen molar-refractivity contribution >= 4 is 28.6 Å². The number of carbonyl (C=O) groups excluding carboxylic acids is 2. The molecule has 1 aromatic heterocycles. The molecule has 164 valence electrons. The van der Waals surface area contributed by atoms with Gasteiger partial charge in [0.05, 0.1) is 43.6 Å². The van der Waals surface area contributed by atoms with Crippen LogP contribution in [0.4, 0.5) is 5.69 Å². The van der Waals surface area contributed by atoms with Crippen LogP contribution in [0.5, 0.6) is 11.5 Å². The van der Waals surface area contributed by atoms with Crippen molar-refractivity contribution < 1.29 is 23.8 Å². The number of anilines is 1. The van der Waals surface area contributed by atoms with Crippen molar-refractivity contribution in [2.75, 3.05) is 26.6 Å². The van der Waals surface area contributed by atoms with Crippen LogP contribution in [0.3, 0.4) is 0 Å². The Labute approximate surface area is 179 Å². The van der Waals surface area contributed by atoms with Gasteiger partial charge in [-0.3, -0.25) is 13.9 Å². The number of hydrogen-bond donors (Lipinski definition) is 1. The van der Waals surface area contributed by atoms with Crippen LogP contribution in [-0.2, 0) is 22.6 Å². The van der Waals surface area contributed by atoms with Gasteiger partial charge in [0.1, 0.15) is 6.54 Å². The smallest absolute Gasteiger partial charge is 0.340 e. The van der Waals surface area contributed by atoms with Gasteiger partial charge in [0.15, 0.2) is 11.5 Å². The molecule has 3 aromatic rings. The number of esters is 1. The average molecular weight is 427 g/mol. The van der Waals surface area contributed by atoms with Gasteiger partial charge in [-0.15, -0.1) is 0 Å². The van der Waals surface area contributed by atoms with Gasteiger partial charge in [-0.25, -0.2) is 9.59 Å². The number of carbonyl (C=O) groups is 2. The Hall–Kier alpha value is -3.75. The maximum absolute atomic E-state index is 12.9. The van der Waals surface area contributed by atoms with E-state index in [9.17, 15) is 14.4 Å². The van der Waals surface area contributed by atoms with E-state index in [1.165, 1.54) is 38.0 Å². The summed E-state index contributed by atoms with van der Waals surface area (Å²) in [6.45, 7) is 2.32. The third-order valence-corrected chi connectivity index (χ3v) is 4.88. The van der Waals surface area contributed by atoms with Crippen LogP contribution < -0.4 is 20.5 Å². The minimum atomic E-state index is -0.645. The Balaban J connectivity index is 1.97. The van der Waals surface area contributed by atoms with Crippen LogP contribution in [0.25, 0.3) is 11.0 Å². The van der Waals surface area contributed by atoms with Crippen molar-refractivity contribution in [2.45, 2.75) is 26.4 Å². The summed E-state index contributed by atoms with van der Waals surface area (Å²) in [7, 11) is 4.13. The summed E-state index contributed by atoms with van der Waals surface area (Å²) in [5.74, 6) is -0.464. The van der Waals surface area contributed by atoms with Gasteiger partial charge in [-0.2, -0.15) is 0 Å². The van der Waals surface area contributed by atoms with E-state index in [2.05, 4.69) is 5.32 Å². The second-order valence-corrected chi connectivity index (χ2v) is 6.80. The molecule has 1 heterocycles. The number of amides is 1. The van der Waals surface area contributed by atoms with Crippen LogP contribution in [-0.4, -0.2) is 42.3 Å². The van der Waals surface area contributed by atoms with E-state index in [4.69, 9.17) is 14.2 Å². The number of nitrogens with zero attached hydrogens (tertiary/aromatic N) is 2. The van der Waals surface area contributed by atoms with E-state index in [1.807, 2.05) is 25.1 Å². The predicted molar refractivity (Wildman–Crippen MR) is 116 cm³/mol. The van der Waals surface area contributed by atoms with E-state index in [0.717, 1.165) is 11.9 Å². The Bertz CT molecular complexity index is 1180. The van der Waals surface area contributed by atoms with E-state index < -0.39 is 11.9 Å². The van der Waals surface area contributed by atoms with Crippen LogP contribution >= 0.6 is 0 Å². The summed E-state index contributed by atoms with van der Waals surface area (Å²) in [5, 5.41) is 2.69. The predicted octanol–water partition coefficient (Wildman–Crippen LogP) is 2.66. The molecule has 0 aliphatic rings. The van der Waals surface area contributed by atoms with Crippen molar-refractivity contribution in [3.05, 3.63) is 52.4 Å². The molecule has 0 saturated heterocycles. The normalized spacial score (nSPS) is 10.7. The van der Waals surface area contributed by atoms with E-state index >= 15 is 0 Å². The fraction of sp³-hybridized carbons (Fsp3) is 0.318. The molecule has 0 atom stereocenters. The molecule has 1 N–H and O–H groups in total. The second kappa shape index (κ2) is 9.38. The quantitative estimate of drug-likeness (QED) is 0.555. The van der Waals surface area contributed by atoms with E-state index in [1.54, 1.807) is 10.6 Å². The van der Waals surface area contributed by atoms with Crippen molar-refractivity contribution in [3.63, 3.8) is 0 Å². The molecular formula is C22H25N3O6. The number of methoxy groups -OCH3 is 3. The zero-order valence-corrected chi connectivity index (χ0v) is 17.9. The molecular weight excluding hydrogens is 402 g/mol. The standard InChI is InChI=1S/C22H25N3O6/c1-5-10-24-16-8-6-7-9-17(16)25(22(24)28)13-20(26)23-15-12-19(30-3)18(29-2)11-14(15)21(27)31-4/h6-9,11-12H,5,10,13H2,1-4H3,(H,23,26). The first-order chi connectivity index (χ1) is 14.9. The van der Waals surface area contributed by atoms with Crippen LogP contribution in [0.15, 0.2) is 41.2 Å². The fourth-order valence-electron chi connectivity index (χ4n) is 3.46. The summed E-state index contributed by atoms with van der Waals surface area (Å²) in [6, 6.07) is 10.2. The topological polar surface area (TPSA) is 101 Å². The van der Waals surface area contributed by atoms with Crippen LogP contribution in [0, 0.1) is 0 Å². The van der Waals surface area contributed by atoms with Crippen molar-refractivity contribution in [1.29, 1.82) is 0 Å². The average Bonchev–Trinajstić information content (AvgIpc) is 3.04. The molecule has 31 heavy (non-hydrogen) atoms. The number of aryl methyl sites for hydroxylation is 1. The van der Waals surface area contributed by atoms with E-state index in [-0.39, 0.29) is 23.5 Å². The van der Waals surface area contributed by atoms with Gasteiger partial charge in [0, 0.05) is 18.7 Å². The highest BCUT2D eigenvalue weighted by molar-refractivity contribution is 6.02. The first kappa shape index (κ1) is 21.9. The van der Waals surface area contributed by atoms with Gasteiger partial charge in [0.25, 0.3) is 0 Å². The van der Waals surface area contributed by atoms with Crippen molar-refractivity contribution in [2.24, 2.45) is 0 Å². The Morgan fingerprint density at radius 1 is 0.968 bits per heavy atom. The number of fused-ring (bicyclic) bond motifs is 1. The molecule has 0 saturated carbocycles. The number of para-hydroxylation sites is 2. The number of nitrogens with one attached hydrogen (secondary N) is 1. The molecule has 0 radical (unpaired) electrons. The van der Waals surface area contributed by atoms with Gasteiger partial charge in [0.2, 0.25) is 5.91 Å². The van der Waals surface area contributed by atoms with Crippen molar-refractivity contribution in [1.82, 2.24) is 9.13 Å². The highest BCUT2D eigenvalue weighted by Crippen LogP contribution is 2.33. The van der Waals surface area contributed by atoms with Gasteiger partial charge in [-0.05, 0) is 18.6 Å². The second-order valence-electron chi connectivity index (χ2n) is 6.80.